The molecular formula is C26H21FN4O4. The predicted molar refractivity (Wildman–Crippen MR) is 130 cm³/mol. The lowest BCUT2D eigenvalue weighted by Crippen LogP contribution is -2.20. The van der Waals surface area contributed by atoms with Crippen LogP contribution in [0.4, 0.5) is 4.39 Å². The lowest BCUT2D eigenvalue weighted by molar-refractivity contribution is -0.119. The molecule has 0 spiro atoms. The highest BCUT2D eigenvalue weighted by Gasteiger charge is 2.14. The van der Waals surface area contributed by atoms with Crippen LogP contribution in [0.1, 0.15) is 15.9 Å². The second-order valence-electron chi connectivity index (χ2n) is 7.44. The molecule has 0 aliphatic heterocycles. The van der Waals surface area contributed by atoms with Gasteiger partial charge in [-0.3, -0.25) is 9.59 Å². The van der Waals surface area contributed by atoms with Crippen LogP contribution in [-0.2, 0) is 4.79 Å². The molecule has 4 aromatic rings. The minimum atomic E-state index is -0.605. The van der Waals surface area contributed by atoms with Crippen molar-refractivity contribution in [1.29, 1.82) is 0 Å². The zero-order valence-corrected chi connectivity index (χ0v) is 18.7. The standard InChI is InChI=1S/C26H21FN4O4/c1-34-24-12-16(6-11-23(24)35-15-25(28)32)14-29-31-26(33)20-13-22(17-7-9-18(27)10-8-17)30-21-5-3-2-4-19(20)21/h2-14H,15H2,1H3,(H2,28,32)(H,31,33)/b29-14+. The molecule has 2 amide bonds. The van der Waals surface area contributed by atoms with Crippen LogP contribution in [0.3, 0.4) is 0 Å². The van der Waals surface area contributed by atoms with Crippen molar-refractivity contribution in [3.8, 4) is 22.8 Å². The van der Waals surface area contributed by atoms with Gasteiger partial charge in [-0.05, 0) is 60.2 Å². The quantitative estimate of drug-likeness (QED) is 0.300. The van der Waals surface area contributed by atoms with Crippen LogP contribution in [0.25, 0.3) is 22.2 Å². The third-order valence-corrected chi connectivity index (χ3v) is 5.04. The number of halogens is 1. The van der Waals surface area contributed by atoms with Crippen molar-refractivity contribution in [1.82, 2.24) is 10.4 Å². The number of hydrogen-bond donors (Lipinski definition) is 2. The molecule has 1 heterocycles. The van der Waals surface area contributed by atoms with Gasteiger partial charge in [0.15, 0.2) is 18.1 Å². The number of nitrogens with two attached hydrogens (primary N) is 1. The Balaban J connectivity index is 1.57. The number of hydrazone groups is 1. The molecule has 0 aliphatic rings. The molecule has 1 aromatic heterocycles. The molecule has 0 unspecified atom stereocenters. The Morgan fingerprint density at radius 3 is 2.57 bits per heavy atom. The van der Waals surface area contributed by atoms with Gasteiger partial charge in [-0.25, -0.2) is 14.8 Å². The predicted octanol–water partition coefficient (Wildman–Crippen LogP) is 3.68. The molecule has 35 heavy (non-hydrogen) atoms. The second-order valence-corrected chi connectivity index (χ2v) is 7.44. The van der Waals surface area contributed by atoms with Crippen LogP contribution >= 0.6 is 0 Å². The Hall–Kier alpha value is -4.79. The number of nitrogens with one attached hydrogen (secondary N) is 1. The van der Waals surface area contributed by atoms with Gasteiger partial charge in [0.05, 0.1) is 30.1 Å². The summed E-state index contributed by atoms with van der Waals surface area (Å²) < 4.78 is 23.9. The largest absolute Gasteiger partial charge is 0.493 e. The Bertz CT molecular complexity index is 1420. The molecule has 8 nitrogen and oxygen atoms in total. The number of methoxy groups -OCH3 is 1. The number of aromatic nitrogens is 1. The number of para-hydroxylation sites is 1. The molecule has 3 aromatic carbocycles. The number of amides is 2. The molecule has 0 fully saturated rings. The van der Waals surface area contributed by atoms with E-state index in [2.05, 4.69) is 15.5 Å². The summed E-state index contributed by atoms with van der Waals surface area (Å²) in [6.45, 7) is -0.278. The lowest BCUT2D eigenvalue weighted by Gasteiger charge is -2.10. The van der Waals surface area contributed by atoms with Crippen LogP contribution in [-0.4, -0.2) is 36.7 Å². The first-order valence-electron chi connectivity index (χ1n) is 10.5. The van der Waals surface area contributed by atoms with E-state index in [1.807, 2.05) is 12.1 Å². The van der Waals surface area contributed by atoms with Crippen molar-refractivity contribution in [2.24, 2.45) is 10.8 Å². The van der Waals surface area contributed by atoms with E-state index in [4.69, 9.17) is 15.2 Å². The van der Waals surface area contributed by atoms with Crippen LogP contribution in [0.2, 0.25) is 0 Å². The molecule has 0 atom stereocenters. The molecule has 0 radical (unpaired) electrons. The summed E-state index contributed by atoms with van der Waals surface area (Å²) in [5.74, 6) is -0.663. The van der Waals surface area contributed by atoms with Gasteiger partial charge < -0.3 is 15.2 Å². The lowest BCUT2D eigenvalue weighted by atomic mass is 10.0. The van der Waals surface area contributed by atoms with E-state index in [9.17, 15) is 14.0 Å². The summed E-state index contributed by atoms with van der Waals surface area (Å²) in [5, 5.41) is 4.71. The Morgan fingerprint density at radius 1 is 1.06 bits per heavy atom. The number of hydrogen-bond acceptors (Lipinski definition) is 6. The molecule has 3 N–H and O–H groups in total. The smallest absolute Gasteiger partial charge is 0.272 e. The number of pyridine rings is 1. The summed E-state index contributed by atoms with van der Waals surface area (Å²) in [7, 11) is 1.46. The van der Waals surface area contributed by atoms with Gasteiger partial charge in [0.2, 0.25) is 0 Å². The summed E-state index contributed by atoms with van der Waals surface area (Å²) in [6.07, 6.45) is 1.45. The fraction of sp³-hybridized carbons (Fsp3) is 0.0769. The molecule has 0 bridgehead atoms. The normalized spacial score (nSPS) is 10.9. The van der Waals surface area contributed by atoms with E-state index < -0.39 is 11.8 Å². The fourth-order valence-corrected chi connectivity index (χ4v) is 3.39. The van der Waals surface area contributed by atoms with Gasteiger partial charge in [-0.2, -0.15) is 5.10 Å². The maximum Gasteiger partial charge on any atom is 0.272 e. The minimum absolute atomic E-state index is 0.278. The number of benzene rings is 3. The highest BCUT2D eigenvalue weighted by atomic mass is 19.1. The number of carbonyl (C=O) groups excluding carboxylic acids is 2. The van der Waals surface area contributed by atoms with Crippen molar-refractivity contribution in [3.05, 3.63) is 89.7 Å². The molecule has 0 saturated carbocycles. The van der Waals surface area contributed by atoms with E-state index in [0.717, 1.165) is 0 Å². The average Bonchev–Trinajstić information content (AvgIpc) is 2.87. The second kappa shape index (κ2) is 10.4. The van der Waals surface area contributed by atoms with Crippen molar-refractivity contribution >= 4 is 28.9 Å². The summed E-state index contributed by atoms with van der Waals surface area (Å²) in [4.78, 5) is 28.5. The summed E-state index contributed by atoms with van der Waals surface area (Å²) in [5.41, 5.74) is 10.5. The Kier molecular flexibility index (Phi) is 6.96. The third-order valence-electron chi connectivity index (χ3n) is 5.04. The zero-order valence-electron chi connectivity index (χ0n) is 18.7. The minimum Gasteiger partial charge on any atom is -0.493 e. The number of nitrogens with zero attached hydrogens (tertiary/aromatic N) is 2. The van der Waals surface area contributed by atoms with Crippen LogP contribution < -0.4 is 20.6 Å². The van der Waals surface area contributed by atoms with Gasteiger partial charge in [0, 0.05) is 10.9 Å². The number of rotatable bonds is 8. The number of primary amides is 1. The van der Waals surface area contributed by atoms with Crippen molar-refractivity contribution in [2.75, 3.05) is 13.7 Å². The average molecular weight is 472 g/mol. The van der Waals surface area contributed by atoms with Crippen molar-refractivity contribution < 1.29 is 23.5 Å². The van der Waals surface area contributed by atoms with Gasteiger partial charge in [-0.15, -0.1) is 0 Å². The molecular weight excluding hydrogens is 451 g/mol. The van der Waals surface area contributed by atoms with E-state index in [1.54, 1.807) is 48.5 Å². The van der Waals surface area contributed by atoms with E-state index in [-0.39, 0.29) is 12.4 Å². The van der Waals surface area contributed by atoms with Gasteiger partial charge in [0.1, 0.15) is 5.82 Å². The number of fused-ring (bicyclic) bond motifs is 1. The summed E-state index contributed by atoms with van der Waals surface area (Å²) >= 11 is 0. The van der Waals surface area contributed by atoms with E-state index in [1.165, 1.54) is 25.5 Å². The van der Waals surface area contributed by atoms with Crippen molar-refractivity contribution in [3.63, 3.8) is 0 Å². The third kappa shape index (κ3) is 5.59. The van der Waals surface area contributed by atoms with Gasteiger partial charge >= 0.3 is 0 Å². The number of ether oxygens (including phenoxy) is 2. The SMILES string of the molecule is COc1cc(/C=N/NC(=O)c2cc(-c3ccc(F)cc3)nc3ccccc23)ccc1OCC(N)=O. The molecule has 4 rings (SSSR count). The van der Waals surface area contributed by atoms with Crippen LogP contribution in [0.5, 0.6) is 11.5 Å². The fourth-order valence-electron chi connectivity index (χ4n) is 3.39. The van der Waals surface area contributed by atoms with E-state index >= 15 is 0 Å². The monoisotopic (exact) mass is 472 g/mol. The van der Waals surface area contributed by atoms with Gasteiger partial charge in [-0.1, -0.05) is 18.2 Å². The van der Waals surface area contributed by atoms with Gasteiger partial charge in [0.25, 0.3) is 11.8 Å². The van der Waals surface area contributed by atoms with Crippen LogP contribution in [0, 0.1) is 5.82 Å². The zero-order chi connectivity index (χ0) is 24.8. The van der Waals surface area contributed by atoms with E-state index in [0.29, 0.717) is 44.8 Å². The maximum absolute atomic E-state index is 13.3. The first kappa shape index (κ1) is 23.4. The first-order valence-corrected chi connectivity index (χ1v) is 10.5. The summed E-state index contributed by atoms with van der Waals surface area (Å²) in [6, 6.07) is 19.7. The molecule has 0 aliphatic carbocycles. The Labute approximate surface area is 200 Å². The topological polar surface area (TPSA) is 116 Å². The molecule has 0 saturated heterocycles. The molecule has 9 heteroatoms. The van der Waals surface area contributed by atoms with Crippen LogP contribution in [0.15, 0.2) is 77.9 Å². The first-order chi connectivity index (χ1) is 16.9. The highest BCUT2D eigenvalue weighted by Crippen LogP contribution is 2.28. The maximum atomic E-state index is 13.3. The molecule has 176 valence electrons. The highest BCUT2D eigenvalue weighted by molar-refractivity contribution is 6.07. The Morgan fingerprint density at radius 2 is 1.83 bits per heavy atom. The number of carbonyl (C=O) groups is 2. The van der Waals surface area contributed by atoms with Crippen molar-refractivity contribution in [2.45, 2.75) is 0 Å².